The van der Waals surface area contributed by atoms with Crippen LogP contribution in [-0.4, -0.2) is 33.5 Å². The van der Waals surface area contributed by atoms with Crippen molar-refractivity contribution in [1.82, 2.24) is 15.0 Å². The fourth-order valence-electron chi connectivity index (χ4n) is 5.64. The molecule has 1 amide bonds. The highest BCUT2D eigenvalue weighted by molar-refractivity contribution is 6.38. The molecule has 0 spiro atoms. The molecule has 5 N–H and O–H groups in total. The minimum atomic E-state index is -0.178. The Morgan fingerprint density at radius 2 is 1.74 bits per heavy atom. The molecule has 206 valence electrons. The Labute approximate surface area is 243 Å². The summed E-state index contributed by atoms with van der Waals surface area (Å²) >= 11 is 0. The monoisotopic (exact) mass is 551 g/mol. The summed E-state index contributed by atoms with van der Waals surface area (Å²) in [4.78, 5) is 24.2. The summed E-state index contributed by atoms with van der Waals surface area (Å²) in [5.74, 6) is 0.520. The highest BCUT2D eigenvalue weighted by Gasteiger charge is 2.29. The maximum Gasteiger partial charge on any atom is 0.257 e. The number of benzene rings is 3. The van der Waals surface area contributed by atoms with E-state index in [0.717, 1.165) is 44.6 Å². The molecule has 3 aromatic heterocycles. The zero-order valence-corrected chi connectivity index (χ0v) is 22.8. The Morgan fingerprint density at radius 3 is 2.60 bits per heavy atom. The third-order valence-electron chi connectivity index (χ3n) is 7.63. The normalized spacial score (nSPS) is 14.5. The number of H-pyrrole nitrogens is 2. The van der Waals surface area contributed by atoms with Gasteiger partial charge in [0.05, 0.1) is 11.8 Å². The molecule has 3 aromatic carbocycles. The average molecular weight is 552 g/mol. The van der Waals surface area contributed by atoms with Gasteiger partial charge in [-0.1, -0.05) is 54.6 Å². The first-order valence-corrected chi connectivity index (χ1v) is 13.9. The lowest BCUT2D eigenvalue weighted by atomic mass is 9.90. The van der Waals surface area contributed by atoms with Crippen molar-refractivity contribution in [3.63, 3.8) is 0 Å². The van der Waals surface area contributed by atoms with E-state index in [-0.39, 0.29) is 11.9 Å². The number of hydrogen-bond acceptors (Lipinski definition) is 4. The number of aromatic nitrogens is 3. The van der Waals surface area contributed by atoms with Crippen molar-refractivity contribution in [2.24, 2.45) is 5.73 Å². The number of nitrogens with two attached hydrogens (primary N) is 1. The molecule has 0 saturated heterocycles. The molecule has 0 aliphatic carbocycles. The predicted octanol–water partition coefficient (Wildman–Crippen LogP) is 6.42. The molecule has 42 heavy (non-hydrogen) atoms. The molecule has 0 unspecified atom stereocenters. The van der Waals surface area contributed by atoms with E-state index < -0.39 is 0 Å². The van der Waals surface area contributed by atoms with Gasteiger partial charge in [0.1, 0.15) is 12.4 Å². The van der Waals surface area contributed by atoms with Crippen molar-refractivity contribution in [2.75, 3.05) is 11.9 Å². The van der Waals surface area contributed by atoms with Gasteiger partial charge < -0.3 is 25.8 Å². The van der Waals surface area contributed by atoms with E-state index >= 15 is 0 Å². The Morgan fingerprint density at radius 1 is 0.881 bits per heavy atom. The molecule has 7 nitrogen and oxygen atoms in total. The second-order valence-corrected chi connectivity index (χ2v) is 10.5. The van der Waals surface area contributed by atoms with Crippen molar-refractivity contribution >= 4 is 33.6 Å². The lowest BCUT2D eigenvalue weighted by molar-refractivity contribution is -0.110. The molecule has 0 bridgehead atoms. The van der Waals surface area contributed by atoms with E-state index in [1.807, 2.05) is 91.4 Å². The Bertz CT molecular complexity index is 1920. The quantitative estimate of drug-likeness (QED) is 0.164. The molecule has 0 saturated carbocycles. The van der Waals surface area contributed by atoms with Crippen LogP contribution in [-0.2, 0) is 11.2 Å². The molecule has 6 aromatic rings. The van der Waals surface area contributed by atoms with Crippen LogP contribution < -0.4 is 15.8 Å². The number of aromatic amines is 2. The molecule has 0 radical (unpaired) electrons. The fraction of sp³-hybridized carbons (Fsp3) is 0.0857. The average Bonchev–Trinajstić information content (AvgIpc) is 3.77. The number of ether oxygens (including phenoxy) is 1. The van der Waals surface area contributed by atoms with Gasteiger partial charge in [-0.05, 0) is 53.4 Å². The first kappa shape index (κ1) is 25.6. The molecule has 4 heterocycles. The SMILES string of the molecule is N[C@H](COc1cncc(-c2ccc3c(c2)C(=C(c2ccccc2)c2cc[nH]c2)C(=O)N3)c1)Cc1c[nH]c2ccccc12. The van der Waals surface area contributed by atoms with Crippen molar-refractivity contribution in [1.29, 1.82) is 0 Å². The third kappa shape index (κ3) is 4.87. The summed E-state index contributed by atoms with van der Waals surface area (Å²) in [6, 6.07) is 27.9. The standard InChI is InChI=1S/C35H29N5O2/c36-27(14-26-19-39-31-9-5-4-8-29(26)31)21-42-28-15-25(18-38-20-28)23-10-11-32-30(16-23)34(35(41)40-32)33(24-12-13-37-17-24)22-6-2-1-3-7-22/h1-13,15-20,27,37,39H,14,21,36H2,(H,40,41)/t27-/m0/s1. The second kappa shape index (κ2) is 10.9. The smallest absolute Gasteiger partial charge is 0.257 e. The number of nitrogens with zero attached hydrogens (tertiary/aromatic N) is 1. The van der Waals surface area contributed by atoms with E-state index in [2.05, 4.69) is 32.4 Å². The van der Waals surface area contributed by atoms with Gasteiger partial charge in [-0.2, -0.15) is 0 Å². The van der Waals surface area contributed by atoms with Crippen molar-refractivity contribution < 1.29 is 9.53 Å². The van der Waals surface area contributed by atoms with Gasteiger partial charge in [0, 0.05) is 69.7 Å². The van der Waals surface area contributed by atoms with Crippen molar-refractivity contribution in [2.45, 2.75) is 12.5 Å². The topological polar surface area (TPSA) is 109 Å². The number of hydrogen-bond donors (Lipinski definition) is 4. The van der Waals surface area contributed by atoms with Gasteiger partial charge in [0.25, 0.3) is 5.91 Å². The van der Waals surface area contributed by atoms with Crippen LogP contribution in [0.1, 0.15) is 22.3 Å². The van der Waals surface area contributed by atoms with E-state index in [0.29, 0.717) is 24.4 Å². The van der Waals surface area contributed by atoms with Gasteiger partial charge in [-0.25, -0.2) is 0 Å². The van der Waals surface area contributed by atoms with Gasteiger partial charge in [0.2, 0.25) is 0 Å². The largest absolute Gasteiger partial charge is 0.490 e. The number of amides is 1. The summed E-state index contributed by atoms with van der Waals surface area (Å²) in [7, 11) is 0. The van der Waals surface area contributed by atoms with Crippen LogP contribution in [0, 0.1) is 0 Å². The number of pyridine rings is 1. The Kier molecular flexibility index (Phi) is 6.62. The molecule has 1 aliphatic heterocycles. The lowest BCUT2D eigenvalue weighted by Gasteiger charge is -2.14. The number of nitrogens with one attached hydrogen (secondary N) is 3. The minimum Gasteiger partial charge on any atom is -0.490 e. The van der Waals surface area contributed by atoms with Crippen LogP contribution in [0.2, 0.25) is 0 Å². The third-order valence-corrected chi connectivity index (χ3v) is 7.63. The van der Waals surface area contributed by atoms with Crippen molar-refractivity contribution in [3.05, 3.63) is 138 Å². The highest BCUT2D eigenvalue weighted by Crippen LogP contribution is 2.41. The highest BCUT2D eigenvalue weighted by atomic mass is 16.5. The Hall–Kier alpha value is -5.40. The molecule has 7 rings (SSSR count). The van der Waals surface area contributed by atoms with Gasteiger partial charge in [-0.15, -0.1) is 0 Å². The summed E-state index contributed by atoms with van der Waals surface area (Å²) in [6.07, 6.45) is 10.00. The molecule has 1 aliphatic rings. The zero-order valence-electron chi connectivity index (χ0n) is 22.8. The van der Waals surface area contributed by atoms with Crippen molar-refractivity contribution in [3.8, 4) is 16.9 Å². The van der Waals surface area contributed by atoms with E-state index in [9.17, 15) is 4.79 Å². The van der Waals surface area contributed by atoms with Crippen LogP contribution >= 0.6 is 0 Å². The number of anilines is 1. The molecule has 0 fully saturated rings. The summed E-state index contributed by atoms with van der Waals surface area (Å²) in [5.41, 5.74) is 15.6. The minimum absolute atomic E-state index is 0.124. The van der Waals surface area contributed by atoms with Gasteiger partial charge >= 0.3 is 0 Å². The molecule has 1 atom stereocenters. The maximum absolute atomic E-state index is 13.4. The molecular weight excluding hydrogens is 522 g/mol. The molecule has 7 heteroatoms. The first-order valence-electron chi connectivity index (χ1n) is 13.9. The maximum atomic E-state index is 13.4. The lowest BCUT2D eigenvalue weighted by Crippen LogP contribution is -2.30. The fourth-order valence-corrected chi connectivity index (χ4v) is 5.64. The van der Waals surface area contributed by atoms with Crippen LogP contribution in [0.25, 0.3) is 33.2 Å². The number of carbonyl (C=O) groups excluding carboxylic acids is 1. The number of fused-ring (bicyclic) bond motifs is 2. The van der Waals surface area contributed by atoms with Gasteiger partial charge in [0.15, 0.2) is 0 Å². The Balaban J connectivity index is 1.16. The number of carbonyl (C=O) groups is 1. The van der Waals surface area contributed by atoms with E-state index in [1.54, 1.807) is 12.4 Å². The van der Waals surface area contributed by atoms with Gasteiger partial charge in [-0.3, -0.25) is 9.78 Å². The van der Waals surface area contributed by atoms with Crippen LogP contribution in [0.15, 0.2) is 116 Å². The van der Waals surface area contributed by atoms with E-state index in [4.69, 9.17) is 10.5 Å². The summed E-state index contributed by atoms with van der Waals surface area (Å²) < 4.78 is 6.09. The van der Waals surface area contributed by atoms with Crippen LogP contribution in [0.3, 0.4) is 0 Å². The summed E-state index contributed by atoms with van der Waals surface area (Å²) in [6.45, 7) is 0.358. The van der Waals surface area contributed by atoms with E-state index in [1.165, 1.54) is 10.9 Å². The van der Waals surface area contributed by atoms with Crippen LogP contribution in [0.5, 0.6) is 5.75 Å². The number of para-hydroxylation sites is 1. The zero-order chi connectivity index (χ0) is 28.5. The van der Waals surface area contributed by atoms with Crippen LogP contribution in [0.4, 0.5) is 5.69 Å². The first-order chi connectivity index (χ1) is 20.6. The number of rotatable bonds is 8. The molecular formula is C35H29N5O2. The second-order valence-electron chi connectivity index (χ2n) is 10.5. The predicted molar refractivity (Wildman–Crippen MR) is 167 cm³/mol. The summed E-state index contributed by atoms with van der Waals surface area (Å²) in [5, 5.41) is 4.23.